The van der Waals surface area contributed by atoms with E-state index in [9.17, 15) is 14.0 Å². The summed E-state index contributed by atoms with van der Waals surface area (Å²) in [5.74, 6) is -2.07. The Morgan fingerprint density at radius 3 is 2.61 bits per heavy atom. The quantitative estimate of drug-likeness (QED) is 0.611. The van der Waals surface area contributed by atoms with E-state index in [2.05, 4.69) is 15.6 Å². The molecule has 2 aromatic carbocycles. The lowest BCUT2D eigenvalue weighted by atomic mass is 10.2. The molecule has 3 aromatic rings. The van der Waals surface area contributed by atoms with Crippen molar-refractivity contribution >= 4 is 40.4 Å². The first-order chi connectivity index (χ1) is 13.4. The van der Waals surface area contributed by atoms with Gasteiger partial charge in [-0.05, 0) is 36.8 Å². The molecule has 1 heterocycles. The van der Waals surface area contributed by atoms with Gasteiger partial charge in [0.15, 0.2) is 0 Å². The first kappa shape index (κ1) is 20.0. The molecule has 0 aliphatic heterocycles. The van der Waals surface area contributed by atoms with Crippen molar-refractivity contribution in [3.8, 4) is 10.6 Å². The van der Waals surface area contributed by atoms with E-state index in [1.54, 1.807) is 19.1 Å². The summed E-state index contributed by atoms with van der Waals surface area (Å²) in [6.45, 7) is 1.88. The standard InChI is InChI=1S/C20H17ClFN3O2S/c1-12-2-7-15(10-17(12)22)24-19(27)18(26)23-9-8-16-11-28-20(25-16)13-3-5-14(21)6-4-13/h2-7,10-11H,8-9H2,1H3,(H,23,26)(H,24,27). The van der Waals surface area contributed by atoms with Crippen molar-refractivity contribution in [1.29, 1.82) is 0 Å². The lowest BCUT2D eigenvalue weighted by Gasteiger charge is -2.07. The summed E-state index contributed by atoms with van der Waals surface area (Å²) >= 11 is 7.38. The summed E-state index contributed by atoms with van der Waals surface area (Å²) in [7, 11) is 0. The fourth-order valence-corrected chi connectivity index (χ4v) is 3.38. The second-order valence-corrected chi connectivity index (χ2v) is 7.37. The molecule has 0 aliphatic rings. The lowest BCUT2D eigenvalue weighted by Crippen LogP contribution is -2.36. The summed E-state index contributed by atoms with van der Waals surface area (Å²) in [6.07, 6.45) is 0.488. The third-order valence-electron chi connectivity index (χ3n) is 3.95. The number of benzene rings is 2. The van der Waals surface area contributed by atoms with Gasteiger partial charge >= 0.3 is 11.8 Å². The van der Waals surface area contributed by atoms with E-state index >= 15 is 0 Å². The van der Waals surface area contributed by atoms with Crippen molar-refractivity contribution in [2.45, 2.75) is 13.3 Å². The minimum Gasteiger partial charge on any atom is -0.347 e. The molecule has 1 aromatic heterocycles. The van der Waals surface area contributed by atoms with Crippen LogP contribution in [0.5, 0.6) is 0 Å². The molecule has 8 heteroatoms. The van der Waals surface area contributed by atoms with Gasteiger partial charge in [-0.1, -0.05) is 29.8 Å². The third-order valence-corrected chi connectivity index (χ3v) is 5.14. The number of thiazole rings is 1. The molecule has 0 bridgehead atoms. The maximum absolute atomic E-state index is 13.5. The highest BCUT2D eigenvalue weighted by molar-refractivity contribution is 7.13. The van der Waals surface area contributed by atoms with Gasteiger partial charge in [-0.25, -0.2) is 9.37 Å². The minimum absolute atomic E-state index is 0.232. The summed E-state index contributed by atoms with van der Waals surface area (Å²) < 4.78 is 13.5. The first-order valence-corrected chi connectivity index (χ1v) is 9.74. The number of hydrogen-bond donors (Lipinski definition) is 2. The molecule has 0 saturated carbocycles. The van der Waals surface area contributed by atoms with Gasteiger partial charge in [0.1, 0.15) is 10.8 Å². The largest absolute Gasteiger partial charge is 0.347 e. The SMILES string of the molecule is Cc1ccc(NC(=O)C(=O)NCCc2csc(-c3ccc(Cl)cc3)n2)cc1F. The van der Waals surface area contributed by atoms with Crippen LogP contribution in [0.1, 0.15) is 11.3 Å². The molecule has 3 rings (SSSR count). The molecule has 2 N–H and O–H groups in total. The van der Waals surface area contributed by atoms with Gasteiger partial charge in [0, 0.05) is 34.6 Å². The number of carbonyl (C=O) groups is 2. The predicted molar refractivity (Wildman–Crippen MR) is 109 cm³/mol. The van der Waals surface area contributed by atoms with Crippen LogP contribution in [-0.2, 0) is 16.0 Å². The Morgan fingerprint density at radius 1 is 1.14 bits per heavy atom. The number of amides is 2. The monoisotopic (exact) mass is 417 g/mol. The molecule has 0 atom stereocenters. The van der Waals surface area contributed by atoms with Crippen LogP contribution in [-0.4, -0.2) is 23.3 Å². The van der Waals surface area contributed by atoms with Crippen molar-refractivity contribution < 1.29 is 14.0 Å². The molecular weight excluding hydrogens is 401 g/mol. The molecule has 0 unspecified atom stereocenters. The van der Waals surface area contributed by atoms with Crippen LogP contribution in [0.25, 0.3) is 10.6 Å². The van der Waals surface area contributed by atoms with E-state index in [-0.39, 0.29) is 12.2 Å². The van der Waals surface area contributed by atoms with Crippen LogP contribution in [0, 0.1) is 12.7 Å². The number of rotatable bonds is 5. The zero-order valence-corrected chi connectivity index (χ0v) is 16.5. The number of anilines is 1. The Labute approximate surface area is 170 Å². The van der Waals surface area contributed by atoms with Gasteiger partial charge in [-0.2, -0.15) is 0 Å². The highest BCUT2D eigenvalue weighted by atomic mass is 35.5. The van der Waals surface area contributed by atoms with Gasteiger partial charge in [0.2, 0.25) is 0 Å². The summed E-state index contributed by atoms with van der Waals surface area (Å²) in [4.78, 5) is 28.3. The van der Waals surface area contributed by atoms with E-state index in [0.29, 0.717) is 17.0 Å². The van der Waals surface area contributed by atoms with Gasteiger partial charge in [0.05, 0.1) is 5.69 Å². The summed E-state index contributed by atoms with van der Waals surface area (Å²) in [6, 6.07) is 11.6. The second kappa shape index (κ2) is 8.95. The van der Waals surface area contributed by atoms with Gasteiger partial charge in [-0.15, -0.1) is 11.3 Å². The van der Waals surface area contributed by atoms with Crippen LogP contribution < -0.4 is 10.6 Å². The Balaban J connectivity index is 1.49. The first-order valence-electron chi connectivity index (χ1n) is 8.48. The van der Waals surface area contributed by atoms with Gasteiger partial charge in [0.25, 0.3) is 0 Å². The number of hydrogen-bond acceptors (Lipinski definition) is 4. The molecule has 0 fully saturated rings. The Hall–Kier alpha value is -2.77. The number of aryl methyl sites for hydroxylation is 1. The zero-order valence-electron chi connectivity index (χ0n) is 15.0. The van der Waals surface area contributed by atoms with Crippen molar-refractivity contribution in [1.82, 2.24) is 10.3 Å². The van der Waals surface area contributed by atoms with E-state index in [1.165, 1.54) is 29.5 Å². The number of nitrogens with one attached hydrogen (secondary N) is 2. The Kier molecular flexibility index (Phi) is 6.38. The highest BCUT2D eigenvalue weighted by Gasteiger charge is 2.14. The maximum Gasteiger partial charge on any atom is 0.313 e. The lowest BCUT2D eigenvalue weighted by molar-refractivity contribution is -0.136. The Morgan fingerprint density at radius 2 is 1.89 bits per heavy atom. The predicted octanol–water partition coefficient (Wildman–Crippen LogP) is 4.21. The third kappa shape index (κ3) is 5.15. The molecule has 5 nitrogen and oxygen atoms in total. The average molecular weight is 418 g/mol. The fourth-order valence-electron chi connectivity index (χ4n) is 2.39. The maximum atomic E-state index is 13.5. The molecule has 0 radical (unpaired) electrons. The van der Waals surface area contributed by atoms with Crippen molar-refractivity contribution in [3.63, 3.8) is 0 Å². The molecular formula is C20H17ClFN3O2S. The van der Waals surface area contributed by atoms with E-state index < -0.39 is 17.6 Å². The molecule has 0 saturated heterocycles. The van der Waals surface area contributed by atoms with Crippen LogP contribution in [0.3, 0.4) is 0 Å². The van der Waals surface area contributed by atoms with Crippen molar-refractivity contribution in [3.05, 3.63) is 69.9 Å². The zero-order chi connectivity index (χ0) is 20.1. The summed E-state index contributed by atoms with van der Waals surface area (Å²) in [5, 5.41) is 8.34. The highest BCUT2D eigenvalue weighted by Crippen LogP contribution is 2.25. The number of halogens is 2. The van der Waals surface area contributed by atoms with Crippen LogP contribution >= 0.6 is 22.9 Å². The number of aromatic nitrogens is 1. The molecule has 0 aliphatic carbocycles. The van der Waals surface area contributed by atoms with Crippen molar-refractivity contribution in [2.75, 3.05) is 11.9 Å². The van der Waals surface area contributed by atoms with Gasteiger partial charge < -0.3 is 10.6 Å². The second-order valence-electron chi connectivity index (χ2n) is 6.07. The smallest absolute Gasteiger partial charge is 0.313 e. The fraction of sp³-hybridized carbons (Fsp3) is 0.150. The van der Waals surface area contributed by atoms with Crippen LogP contribution in [0.15, 0.2) is 47.8 Å². The molecule has 2 amide bonds. The minimum atomic E-state index is -0.844. The van der Waals surface area contributed by atoms with E-state index in [0.717, 1.165) is 16.3 Å². The molecule has 28 heavy (non-hydrogen) atoms. The normalized spacial score (nSPS) is 10.5. The molecule has 0 spiro atoms. The van der Waals surface area contributed by atoms with Crippen LogP contribution in [0.4, 0.5) is 10.1 Å². The van der Waals surface area contributed by atoms with E-state index in [1.807, 2.05) is 17.5 Å². The van der Waals surface area contributed by atoms with E-state index in [4.69, 9.17) is 11.6 Å². The summed E-state index contributed by atoms with van der Waals surface area (Å²) in [5.41, 5.74) is 2.48. The Bertz CT molecular complexity index is 1000. The molecule has 144 valence electrons. The van der Waals surface area contributed by atoms with Crippen LogP contribution in [0.2, 0.25) is 5.02 Å². The number of nitrogens with zero attached hydrogens (tertiary/aromatic N) is 1. The van der Waals surface area contributed by atoms with Gasteiger partial charge in [-0.3, -0.25) is 9.59 Å². The average Bonchev–Trinajstić information content (AvgIpc) is 3.14. The topological polar surface area (TPSA) is 71.1 Å². The number of carbonyl (C=O) groups excluding carboxylic acids is 2. The van der Waals surface area contributed by atoms with Crippen molar-refractivity contribution in [2.24, 2.45) is 0 Å².